The maximum atomic E-state index is 14.0. The van der Waals surface area contributed by atoms with E-state index in [-0.39, 0.29) is 11.8 Å². The summed E-state index contributed by atoms with van der Waals surface area (Å²) in [4.78, 5) is 4.07. The second-order valence-electron chi connectivity index (χ2n) is 5.64. The Morgan fingerprint density at radius 1 is 1.22 bits per heavy atom. The second kappa shape index (κ2) is 7.23. The van der Waals surface area contributed by atoms with Crippen LogP contribution in [0.1, 0.15) is 17.9 Å². The first-order chi connectivity index (χ1) is 11.1. The van der Waals surface area contributed by atoms with Gasteiger partial charge in [-0.2, -0.15) is 0 Å². The van der Waals surface area contributed by atoms with Crippen LogP contribution in [-0.2, 0) is 0 Å². The summed E-state index contributed by atoms with van der Waals surface area (Å²) in [6, 6.07) is 7.22. The number of halogens is 3. The van der Waals surface area contributed by atoms with Crippen LogP contribution in [0.3, 0.4) is 0 Å². The van der Waals surface area contributed by atoms with Gasteiger partial charge >= 0.3 is 0 Å². The van der Waals surface area contributed by atoms with E-state index in [0.29, 0.717) is 29.6 Å². The Kier molecular flexibility index (Phi) is 5.08. The van der Waals surface area contributed by atoms with Crippen molar-refractivity contribution in [2.45, 2.75) is 12.3 Å². The Labute approximate surface area is 138 Å². The highest BCUT2D eigenvalue weighted by Gasteiger charge is 2.30. The summed E-state index contributed by atoms with van der Waals surface area (Å²) in [5.74, 6) is -0.251. The van der Waals surface area contributed by atoms with Crippen LogP contribution < -0.4 is 10.1 Å². The molecule has 1 aromatic carbocycles. The topological polar surface area (TPSA) is 34.1 Å². The molecule has 122 valence electrons. The van der Waals surface area contributed by atoms with Crippen molar-refractivity contribution in [1.29, 1.82) is 0 Å². The number of hydrogen-bond acceptors (Lipinski definition) is 3. The SMILES string of the molecule is Fc1ccc(C2CNCC2CCOc2ccc(Cl)cn2)c(F)c1. The minimum absolute atomic E-state index is 0.0253. The van der Waals surface area contributed by atoms with Crippen LogP contribution >= 0.6 is 11.6 Å². The lowest BCUT2D eigenvalue weighted by Crippen LogP contribution is -2.16. The van der Waals surface area contributed by atoms with E-state index in [4.69, 9.17) is 16.3 Å². The van der Waals surface area contributed by atoms with Crippen molar-refractivity contribution in [2.75, 3.05) is 19.7 Å². The second-order valence-corrected chi connectivity index (χ2v) is 6.08. The number of aromatic nitrogens is 1. The highest BCUT2D eigenvalue weighted by molar-refractivity contribution is 6.30. The molecule has 0 saturated carbocycles. The van der Waals surface area contributed by atoms with Crippen molar-refractivity contribution in [2.24, 2.45) is 5.92 Å². The zero-order chi connectivity index (χ0) is 16.2. The Balaban J connectivity index is 1.59. The normalized spacial score (nSPS) is 20.7. The van der Waals surface area contributed by atoms with Crippen molar-refractivity contribution < 1.29 is 13.5 Å². The highest BCUT2D eigenvalue weighted by Crippen LogP contribution is 2.32. The first-order valence-corrected chi connectivity index (χ1v) is 7.91. The zero-order valence-electron chi connectivity index (χ0n) is 12.4. The number of ether oxygens (including phenoxy) is 1. The number of pyridine rings is 1. The summed E-state index contributed by atoms with van der Waals surface area (Å²) < 4.78 is 32.6. The minimum Gasteiger partial charge on any atom is -0.478 e. The van der Waals surface area contributed by atoms with Crippen molar-refractivity contribution in [3.05, 3.63) is 58.7 Å². The van der Waals surface area contributed by atoms with Crippen LogP contribution in [0.5, 0.6) is 5.88 Å². The Morgan fingerprint density at radius 2 is 2.09 bits per heavy atom. The molecular weight excluding hydrogens is 322 g/mol. The number of hydrogen-bond donors (Lipinski definition) is 1. The summed E-state index contributed by atoms with van der Waals surface area (Å²) >= 11 is 5.77. The van der Waals surface area contributed by atoms with Crippen LogP contribution in [0.25, 0.3) is 0 Å². The molecule has 1 aromatic heterocycles. The third-order valence-corrected chi connectivity index (χ3v) is 4.36. The molecule has 2 heterocycles. The van der Waals surface area contributed by atoms with Crippen LogP contribution in [0, 0.1) is 17.6 Å². The van der Waals surface area contributed by atoms with Gasteiger partial charge in [0.1, 0.15) is 11.6 Å². The molecule has 1 aliphatic rings. The predicted octanol–water partition coefficient (Wildman–Crippen LogP) is 3.79. The first-order valence-electron chi connectivity index (χ1n) is 7.53. The largest absolute Gasteiger partial charge is 0.478 e. The molecule has 1 saturated heterocycles. The van der Waals surface area contributed by atoms with Crippen LogP contribution in [0.4, 0.5) is 8.78 Å². The Bertz CT molecular complexity index is 666. The van der Waals surface area contributed by atoms with Crippen LogP contribution in [0.15, 0.2) is 36.5 Å². The van der Waals surface area contributed by atoms with Crippen molar-refractivity contribution in [1.82, 2.24) is 10.3 Å². The average Bonchev–Trinajstić information content (AvgIpc) is 2.97. The first kappa shape index (κ1) is 16.1. The number of nitrogens with zero attached hydrogens (tertiary/aromatic N) is 1. The molecule has 0 amide bonds. The maximum Gasteiger partial charge on any atom is 0.213 e. The zero-order valence-corrected chi connectivity index (χ0v) is 13.2. The van der Waals surface area contributed by atoms with E-state index in [1.165, 1.54) is 18.3 Å². The van der Waals surface area contributed by atoms with Gasteiger partial charge in [0.25, 0.3) is 0 Å². The Morgan fingerprint density at radius 3 is 2.83 bits per heavy atom. The molecule has 2 atom stereocenters. The molecule has 2 aromatic rings. The van der Waals surface area contributed by atoms with Gasteiger partial charge in [-0.25, -0.2) is 13.8 Å². The summed E-state index contributed by atoms with van der Waals surface area (Å²) in [6.07, 6.45) is 2.30. The molecule has 1 aliphatic heterocycles. The molecule has 2 unspecified atom stereocenters. The highest BCUT2D eigenvalue weighted by atomic mass is 35.5. The molecule has 23 heavy (non-hydrogen) atoms. The van der Waals surface area contributed by atoms with Crippen LogP contribution in [0.2, 0.25) is 5.02 Å². The fourth-order valence-electron chi connectivity index (χ4n) is 2.97. The van der Waals surface area contributed by atoms with Gasteiger partial charge in [0.15, 0.2) is 0 Å². The van der Waals surface area contributed by atoms with Crippen molar-refractivity contribution >= 4 is 11.6 Å². The molecule has 6 heteroatoms. The van der Waals surface area contributed by atoms with Gasteiger partial charge in [-0.05, 0) is 36.6 Å². The van der Waals surface area contributed by atoms with Gasteiger partial charge in [-0.15, -0.1) is 0 Å². The van der Waals surface area contributed by atoms with E-state index in [0.717, 1.165) is 19.0 Å². The number of benzene rings is 1. The Hall–Kier alpha value is -1.72. The standard InChI is InChI=1S/C17H17ClF2N2O/c18-12-1-4-17(22-9-12)23-6-5-11-8-21-10-15(11)14-3-2-13(19)7-16(14)20/h1-4,7,9,11,15,21H,5-6,8,10H2. The molecule has 1 fully saturated rings. The summed E-state index contributed by atoms with van der Waals surface area (Å²) in [5, 5.41) is 3.83. The van der Waals surface area contributed by atoms with Gasteiger partial charge in [-0.3, -0.25) is 0 Å². The van der Waals surface area contributed by atoms with Crippen molar-refractivity contribution in [3.8, 4) is 5.88 Å². The van der Waals surface area contributed by atoms with E-state index in [1.54, 1.807) is 12.1 Å². The van der Waals surface area contributed by atoms with Crippen molar-refractivity contribution in [3.63, 3.8) is 0 Å². The van der Waals surface area contributed by atoms with Gasteiger partial charge in [-0.1, -0.05) is 17.7 Å². The molecule has 3 rings (SSSR count). The van der Waals surface area contributed by atoms with E-state index in [9.17, 15) is 8.78 Å². The third-order valence-electron chi connectivity index (χ3n) is 4.14. The average molecular weight is 339 g/mol. The monoisotopic (exact) mass is 338 g/mol. The van der Waals surface area contributed by atoms with Crippen LogP contribution in [-0.4, -0.2) is 24.7 Å². The number of rotatable bonds is 5. The summed E-state index contributed by atoms with van der Waals surface area (Å²) in [7, 11) is 0. The molecule has 0 radical (unpaired) electrons. The fraction of sp³-hybridized carbons (Fsp3) is 0.353. The predicted molar refractivity (Wildman–Crippen MR) is 84.8 cm³/mol. The quantitative estimate of drug-likeness (QED) is 0.900. The van der Waals surface area contributed by atoms with Gasteiger partial charge in [0.05, 0.1) is 11.6 Å². The van der Waals surface area contributed by atoms with Gasteiger partial charge in [0.2, 0.25) is 5.88 Å². The molecule has 1 N–H and O–H groups in total. The third kappa shape index (κ3) is 3.98. The van der Waals surface area contributed by atoms with Gasteiger partial charge in [0, 0.05) is 30.8 Å². The molecule has 0 spiro atoms. The summed E-state index contributed by atoms with van der Waals surface area (Å²) in [6.45, 7) is 1.96. The summed E-state index contributed by atoms with van der Waals surface area (Å²) in [5.41, 5.74) is 0.561. The van der Waals surface area contributed by atoms with Gasteiger partial charge < -0.3 is 10.1 Å². The molecule has 3 nitrogen and oxygen atoms in total. The smallest absolute Gasteiger partial charge is 0.213 e. The van der Waals surface area contributed by atoms with E-state index in [2.05, 4.69) is 10.3 Å². The lowest BCUT2D eigenvalue weighted by Gasteiger charge is -2.19. The minimum atomic E-state index is -0.550. The molecule has 0 aliphatic carbocycles. The lowest BCUT2D eigenvalue weighted by atomic mass is 9.86. The molecule has 0 bridgehead atoms. The maximum absolute atomic E-state index is 14.0. The lowest BCUT2D eigenvalue weighted by molar-refractivity contribution is 0.267. The van der Waals surface area contributed by atoms with E-state index < -0.39 is 11.6 Å². The van der Waals surface area contributed by atoms with E-state index >= 15 is 0 Å². The fourth-order valence-corrected chi connectivity index (χ4v) is 3.08. The molecular formula is C17H17ClF2N2O. The van der Waals surface area contributed by atoms with E-state index in [1.807, 2.05) is 0 Å². The number of nitrogens with one attached hydrogen (secondary N) is 1.